The van der Waals surface area contributed by atoms with Crippen LogP contribution in [0.25, 0.3) is 0 Å². The SMILES string of the molecule is CCc1cc(N(C)c2ncccn2)c(S(C)(=O)=O)cc1C(=O)N=C(N)N. The lowest BCUT2D eigenvalue weighted by Crippen LogP contribution is -2.24. The molecule has 1 aromatic heterocycles. The van der Waals surface area contributed by atoms with E-state index in [4.69, 9.17) is 11.5 Å². The summed E-state index contributed by atoms with van der Waals surface area (Å²) < 4.78 is 24.6. The Bertz CT molecular complexity index is 953. The molecule has 2 aromatic rings. The number of nitrogens with two attached hydrogens (primary N) is 2. The summed E-state index contributed by atoms with van der Waals surface area (Å²) in [4.78, 5) is 25.6. The molecule has 0 fully saturated rings. The molecule has 0 aliphatic carbocycles. The lowest BCUT2D eigenvalue weighted by atomic mass is 10.0. The van der Waals surface area contributed by atoms with E-state index in [1.165, 1.54) is 6.07 Å². The van der Waals surface area contributed by atoms with Gasteiger partial charge in [0.15, 0.2) is 15.8 Å². The molecule has 0 saturated carbocycles. The van der Waals surface area contributed by atoms with Crippen LogP contribution in [0.15, 0.2) is 40.5 Å². The van der Waals surface area contributed by atoms with E-state index in [0.717, 1.165) is 6.26 Å². The van der Waals surface area contributed by atoms with E-state index in [9.17, 15) is 13.2 Å². The Morgan fingerprint density at radius 2 is 1.85 bits per heavy atom. The Morgan fingerprint density at radius 1 is 1.23 bits per heavy atom. The summed E-state index contributed by atoms with van der Waals surface area (Å²) in [7, 11) is -2.01. The highest BCUT2D eigenvalue weighted by Crippen LogP contribution is 2.32. The van der Waals surface area contributed by atoms with Crippen LogP contribution in [-0.4, -0.2) is 43.6 Å². The van der Waals surface area contributed by atoms with E-state index in [0.29, 0.717) is 23.6 Å². The number of rotatable bonds is 5. The van der Waals surface area contributed by atoms with Gasteiger partial charge in [0.2, 0.25) is 5.95 Å². The van der Waals surface area contributed by atoms with Crippen molar-refractivity contribution in [3.8, 4) is 0 Å². The van der Waals surface area contributed by atoms with Gasteiger partial charge in [-0.25, -0.2) is 18.4 Å². The second-order valence-corrected chi connectivity index (χ2v) is 7.54. The summed E-state index contributed by atoms with van der Waals surface area (Å²) in [6, 6.07) is 4.56. The van der Waals surface area contributed by atoms with E-state index in [2.05, 4.69) is 15.0 Å². The molecule has 1 amide bonds. The molecule has 2 rings (SSSR count). The van der Waals surface area contributed by atoms with Crippen molar-refractivity contribution in [1.29, 1.82) is 0 Å². The van der Waals surface area contributed by atoms with Crippen LogP contribution < -0.4 is 16.4 Å². The number of hydrogen-bond acceptors (Lipinski definition) is 6. The molecule has 138 valence electrons. The number of carbonyl (C=O) groups is 1. The highest BCUT2D eigenvalue weighted by molar-refractivity contribution is 7.90. The lowest BCUT2D eigenvalue weighted by molar-refractivity contribution is 0.100. The number of aryl methyl sites for hydroxylation is 1. The smallest absolute Gasteiger partial charge is 0.280 e. The van der Waals surface area contributed by atoms with Crippen molar-refractivity contribution in [2.24, 2.45) is 16.5 Å². The largest absolute Gasteiger partial charge is 0.370 e. The van der Waals surface area contributed by atoms with Crippen molar-refractivity contribution in [3.05, 3.63) is 41.7 Å². The molecule has 0 atom stereocenters. The Kier molecular flexibility index (Phi) is 5.56. The van der Waals surface area contributed by atoms with Crippen LogP contribution >= 0.6 is 0 Å². The second-order valence-electron chi connectivity index (χ2n) is 5.55. The van der Waals surface area contributed by atoms with Crippen LogP contribution in [0, 0.1) is 0 Å². The maximum Gasteiger partial charge on any atom is 0.280 e. The van der Waals surface area contributed by atoms with Crippen molar-refractivity contribution in [3.63, 3.8) is 0 Å². The average Bonchev–Trinajstić information content (AvgIpc) is 2.59. The van der Waals surface area contributed by atoms with Crippen molar-refractivity contribution in [1.82, 2.24) is 9.97 Å². The van der Waals surface area contributed by atoms with Crippen LogP contribution in [0.1, 0.15) is 22.8 Å². The van der Waals surface area contributed by atoms with Gasteiger partial charge in [0.25, 0.3) is 5.91 Å². The summed E-state index contributed by atoms with van der Waals surface area (Å²) in [5.41, 5.74) is 11.6. The Hall–Kier alpha value is -3.01. The first-order valence-corrected chi connectivity index (χ1v) is 9.56. The summed E-state index contributed by atoms with van der Waals surface area (Å²) >= 11 is 0. The van der Waals surface area contributed by atoms with Gasteiger partial charge in [0.05, 0.1) is 10.6 Å². The number of hydrogen-bond donors (Lipinski definition) is 2. The molecule has 0 spiro atoms. The Balaban J connectivity index is 2.73. The van der Waals surface area contributed by atoms with E-state index < -0.39 is 21.7 Å². The zero-order valence-corrected chi connectivity index (χ0v) is 15.5. The fourth-order valence-electron chi connectivity index (χ4n) is 2.41. The molecule has 1 heterocycles. The van der Waals surface area contributed by atoms with Gasteiger partial charge in [-0.05, 0) is 30.2 Å². The summed E-state index contributed by atoms with van der Waals surface area (Å²) in [6.45, 7) is 1.84. The van der Waals surface area contributed by atoms with Gasteiger partial charge in [-0.15, -0.1) is 0 Å². The van der Waals surface area contributed by atoms with E-state index in [1.807, 2.05) is 6.92 Å². The number of carbonyl (C=O) groups excluding carboxylic acids is 1. The lowest BCUT2D eigenvalue weighted by Gasteiger charge is -2.21. The molecule has 0 unspecified atom stereocenters. The van der Waals surface area contributed by atoms with E-state index in [-0.39, 0.29) is 10.5 Å². The third kappa shape index (κ3) is 4.14. The second kappa shape index (κ2) is 7.48. The maximum absolute atomic E-state index is 12.3. The standard InChI is InChI=1S/C16H20N6O3S/c1-4-10-8-12(22(2)16-19-6-5-7-20-16)13(26(3,24)25)9-11(10)14(23)21-15(17)18/h5-9H,4H2,1-3H3,(H4,17,18,21,23). The quantitative estimate of drug-likeness (QED) is 0.571. The minimum Gasteiger partial charge on any atom is -0.370 e. The minimum absolute atomic E-state index is 0.0428. The van der Waals surface area contributed by atoms with Gasteiger partial charge in [-0.1, -0.05) is 6.92 Å². The first kappa shape index (κ1) is 19.3. The molecule has 9 nitrogen and oxygen atoms in total. The van der Waals surface area contributed by atoms with Gasteiger partial charge < -0.3 is 16.4 Å². The van der Waals surface area contributed by atoms with Crippen LogP contribution in [0.2, 0.25) is 0 Å². The van der Waals surface area contributed by atoms with Gasteiger partial charge >= 0.3 is 0 Å². The molecule has 0 aliphatic rings. The molecule has 1 aromatic carbocycles. The van der Waals surface area contributed by atoms with Gasteiger partial charge in [0.1, 0.15) is 0 Å². The van der Waals surface area contributed by atoms with Gasteiger partial charge in [-0.2, -0.15) is 4.99 Å². The molecule has 0 aliphatic heterocycles. The van der Waals surface area contributed by atoms with Gasteiger partial charge in [0, 0.05) is 31.3 Å². The minimum atomic E-state index is -3.66. The van der Waals surface area contributed by atoms with Crippen LogP contribution in [-0.2, 0) is 16.3 Å². The highest BCUT2D eigenvalue weighted by atomic mass is 32.2. The molecular weight excluding hydrogens is 356 g/mol. The first-order valence-electron chi connectivity index (χ1n) is 7.66. The maximum atomic E-state index is 12.3. The molecule has 0 bridgehead atoms. The van der Waals surface area contributed by atoms with Crippen molar-refractivity contribution in [2.45, 2.75) is 18.2 Å². The predicted octanol–water partition coefficient (Wildman–Crippen LogP) is 0.624. The third-order valence-electron chi connectivity index (χ3n) is 3.64. The van der Waals surface area contributed by atoms with Crippen LogP contribution in [0.3, 0.4) is 0 Å². The number of guanidine groups is 1. The molecule has 10 heteroatoms. The number of aliphatic imine (C=N–C) groups is 1. The summed E-state index contributed by atoms with van der Waals surface area (Å²) in [5, 5.41) is 0. The number of benzene rings is 1. The Labute approximate surface area is 151 Å². The zero-order valence-electron chi connectivity index (χ0n) is 14.7. The molecule has 0 saturated heterocycles. The van der Waals surface area contributed by atoms with Crippen molar-refractivity contribution >= 4 is 33.3 Å². The number of amides is 1. The van der Waals surface area contributed by atoms with E-state index >= 15 is 0 Å². The topological polar surface area (TPSA) is 145 Å². The van der Waals surface area contributed by atoms with Gasteiger partial charge in [-0.3, -0.25) is 4.79 Å². The Morgan fingerprint density at radius 3 is 2.35 bits per heavy atom. The molecule has 0 radical (unpaired) electrons. The first-order chi connectivity index (χ1) is 12.1. The van der Waals surface area contributed by atoms with Crippen molar-refractivity contribution in [2.75, 3.05) is 18.2 Å². The van der Waals surface area contributed by atoms with Crippen molar-refractivity contribution < 1.29 is 13.2 Å². The molecule has 26 heavy (non-hydrogen) atoms. The number of sulfone groups is 1. The van der Waals surface area contributed by atoms with E-state index in [1.54, 1.807) is 36.5 Å². The average molecular weight is 376 g/mol. The predicted molar refractivity (Wildman–Crippen MR) is 99.2 cm³/mol. The fraction of sp³-hybridized carbons (Fsp3) is 0.250. The van der Waals surface area contributed by atoms with Crippen LogP contribution in [0.4, 0.5) is 11.6 Å². The molecular formula is C16H20N6O3S. The summed E-state index contributed by atoms with van der Waals surface area (Å²) in [5.74, 6) is -0.767. The molecule has 4 N–H and O–H groups in total. The third-order valence-corrected chi connectivity index (χ3v) is 4.77. The monoisotopic (exact) mass is 376 g/mol. The number of anilines is 2. The fourth-order valence-corrected chi connectivity index (χ4v) is 3.32. The highest BCUT2D eigenvalue weighted by Gasteiger charge is 2.23. The van der Waals surface area contributed by atoms with Crippen LogP contribution in [0.5, 0.6) is 0 Å². The normalized spacial score (nSPS) is 11.0. The number of nitrogens with zero attached hydrogens (tertiary/aromatic N) is 4. The number of aromatic nitrogens is 2. The zero-order chi connectivity index (χ0) is 19.5. The summed E-state index contributed by atoms with van der Waals surface area (Å²) in [6.07, 6.45) is 4.64.